The second kappa shape index (κ2) is 6.33. The first-order valence-electron chi connectivity index (χ1n) is 5.84. The lowest BCUT2D eigenvalue weighted by Crippen LogP contribution is -2.14. The molecule has 0 aliphatic heterocycles. The Morgan fingerprint density at radius 1 is 1.40 bits per heavy atom. The summed E-state index contributed by atoms with van der Waals surface area (Å²) in [7, 11) is 0. The number of hydrogen-bond donors (Lipinski definition) is 2. The molecule has 0 unspecified atom stereocenters. The van der Waals surface area contributed by atoms with E-state index >= 15 is 0 Å². The Bertz CT molecular complexity index is 626. The van der Waals surface area contributed by atoms with Crippen LogP contribution in [0.1, 0.15) is 16.8 Å². The van der Waals surface area contributed by atoms with Crippen molar-refractivity contribution in [3.63, 3.8) is 0 Å². The van der Waals surface area contributed by atoms with Crippen LogP contribution in [0, 0.1) is 0 Å². The van der Waals surface area contributed by atoms with Gasteiger partial charge in [0.25, 0.3) is 0 Å². The lowest BCUT2D eigenvalue weighted by molar-refractivity contribution is -0.116. The van der Waals surface area contributed by atoms with Crippen LogP contribution in [0.2, 0.25) is 0 Å². The number of carbonyl (C=O) groups is 2. The summed E-state index contributed by atoms with van der Waals surface area (Å²) in [6.45, 7) is 0.522. The predicted molar refractivity (Wildman–Crippen MR) is 76.6 cm³/mol. The lowest BCUT2D eigenvalue weighted by atomic mass is 10.2. The molecular formula is C13H12BrN3O3. The normalized spacial score (nSPS) is 10.2. The summed E-state index contributed by atoms with van der Waals surface area (Å²) in [5.41, 5.74) is 0.568. The Morgan fingerprint density at radius 2 is 2.20 bits per heavy atom. The van der Waals surface area contributed by atoms with Gasteiger partial charge < -0.3 is 15.0 Å². The van der Waals surface area contributed by atoms with Gasteiger partial charge in [-0.15, -0.1) is 0 Å². The van der Waals surface area contributed by atoms with Crippen molar-refractivity contribution in [3.05, 3.63) is 47.0 Å². The van der Waals surface area contributed by atoms with E-state index in [0.29, 0.717) is 16.7 Å². The van der Waals surface area contributed by atoms with E-state index in [-0.39, 0.29) is 17.9 Å². The molecule has 1 aromatic carbocycles. The summed E-state index contributed by atoms with van der Waals surface area (Å²) in [5.74, 6) is -1.23. The number of aromatic nitrogens is 2. The quantitative estimate of drug-likeness (QED) is 0.877. The molecule has 7 heteroatoms. The number of amides is 1. The number of aromatic carboxylic acids is 1. The van der Waals surface area contributed by atoms with Gasteiger partial charge in [-0.2, -0.15) is 0 Å². The van der Waals surface area contributed by atoms with Crippen LogP contribution < -0.4 is 5.32 Å². The maximum atomic E-state index is 11.8. The van der Waals surface area contributed by atoms with Crippen molar-refractivity contribution >= 4 is 33.5 Å². The fourth-order valence-corrected chi connectivity index (χ4v) is 2.06. The molecule has 0 saturated heterocycles. The van der Waals surface area contributed by atoms with Crippen molar-refractivity contribution in [2.24, 2.45) is 0 Å². The van der Waals surface area contributed by atoms with Gasteiger partial charge in [-0.1, -0.05) is 0 Å². The fraction of sp³-hybridized carbons (Fsp3) is 0.154. The second-order valence-corrected chi connectivity index (χ2v) is 4.95. The zero-order chi connectivity index (χ0) is 14.5. The molecule has 1 heterocycles. The molecule has 0 aliphatic carbocycles. The maximum absolute atomic E-state index is 11.8. The van der Waals surface area contributed by atoms with Crippen molar-refractivity contribution in [1.82, 2.24) is 9.55 Å². The van der Waals surface area contributed by atoms with Crippen LogP contribution in [0.15, 0.2) is 41.4 Å². The summed E-state index contributed by atoms with van der Waals surface area (Å²) in [6, 6.07) is 4.65. The topological polar surface area (TPSA) is 84.2 Å². The number of carboxylic acids is 1. The van der Waals surface area contributed by atoms with E-state index in [1.54, 1.807) is 35.4 Å². The van der Waals surface area contributed by atoms with E-state index in [0.717, 1.165) is 0 Å². The van der Waals surface area contributed by atoms with Gasteiger partial charge in [0.2, 0.25) is 5.91 Å². The molecule has 0 bridgehead atoms. The molecule has 1 amide bonds. The van der Waals surface area contributed by atoms with Crippen LogP contribution in [-0.4, -0.2) is 26.5 Å². The van der Waals surface area contributed by atoms with Gasteiger partial charge >= 0.3 is 5.97 Å². The first-order valence-corrected chi connectivity index (χ1v) is 6.64. The van der Waals surface area contributed by atoms with Crippen LogP contribution in [0.3, 0.4) is 0 Å². The molecule has 20 heavy (non-hydrogen) atoms. The highest BCUT2D eigenvalue weighted by molar-refractivity contribution is 9.10. The Kier molecular flexibility index (Phi) is 4.52. The summed E-state index contributed by atoms with van der Waals surface area (Å²) in [6.07, 6.45) is 5.34. The van der Waals surface area contributed by atoms with Crippen LogP contribution in [0.25, 0.3) is 0 Å². The van der Waals surface area contributed by atoms with Crippen molar-refractivity contribution in [1.29, 1.82) is 0 Å². The Balaban J connectivity index is 1.97. The minimum Gasteiger partial charge on any atom is -0.478 e. The number of benzene rings is 1. The van der Waals surface area contributed by atoms with Crippen molar-refractivity contribution in [2.45, 2.75) is 13.0 Å². The second-order valence-electron chi connectivity index (χ2n) is 4.10. The van der Waals surface area contributed by atoms with Crippen molar-refractivity contribution in [3.8, 4) is 0 Å². The molecule has 0 fully saturated rings. The predicted octanol–water partition coefficient (Wildman–Crippen LogP) is 2.37. The first-order chi connectivity index (χ1) is 9.56. The zero-order valence-electron chi connectivity index (χ0n) is 10.4. The molecule has 0 atom stereocenters. The van der Waals surface area contributed by atoms with E-state index in [9.17, 15) is 9.59 Å². The summed E-state index contributed by atoms with van der Waals surface area (Å²) in [4.78, 5) is 26.6. The third-order valence-corrected chi connectivity index (χ3v) is 3.33. The van der Waals surface area contributed by atoms with Crippen molar-refractivity contribution < 1.29 is 14.7 Å². The smallest absolute Gasteiger partial charge is 0.336 e. The highest BCUT2D eigenvalue weighted by atomic mass is 79.9. The van der Waals surface area contributed by atoms with E-state index in [2.05, 4.69) is 26.2 Å². The number of carbonyl (C=O) groups excluding carboxylic acids is 1. The molecule has 1 aromatic heterocycles. The summed E-state index contributed by atoms with van der Waals surface area (Å²) < 4.78 is 2.27. The number of rotatable bonds is 5. The molecule has 0 aliphatic rings. The summed E-state index contributed by atoms with van der Waals surface area (Å²) in [5, 5.41) is 11.7. The Labute approximate surface area is 123 Å². The maximum Gasteiger partial charge on any atom is 0.336 e. The number of imidazole rings is 1. The van der Waals surface area contributed by atoms with Gasteiger partial charge in [-0.3, -0.25) is 4.79 Å². The third kappa shape index (κ3) is 3.67. The monoisotopic (exact) mass is 337 g/mol. The Hall–Kier alpha value is -2.15. The standard InChI is InChI=1S/C13H12BrN3O3/c14-11-2-1-9(7-10(11)13(19)20)16-12(18)3-5-17-6-4-15-8-17/h1-2,4,6-8H,3,5H2,(H,16,18)(H,19,20). The van der Waals surface area contributed by atoms with Crippen LogP contribution in [0.5, 0.6) is 0 Å². The minimum atomic E-state index is -1.05. The number of aryl methyl sites for hydroxylation is 1. The average molecular weight is 338 g/mol. The van der Waals surface area contributed by atoms with E-state index < -0.39 is 5.97 Å². The zero-order valence-corrected chi connectivity index (χ0v) is 12.0. The van der Waals surface area contributed by atoms with Crippen LogP contribution in [0.4, 0.5) is 5.69 Å². The van der Waals surface area contributed by atoms with Crippen molar-refractivity contribution in [2.75, 3.05) is 5.32 Å². The molecule has 0 saturated carbocycles. The minimum absolute atomic E-state index is 0.109. The molecule has 104 valence electrons. The van der Waals surface area contributed by atoms with Gasteiger partial charge in [0.1, 0.15) is 0 Å². The van der Waals surface area contributed by atoms with Gasteiger partial charge in [0.05, 0.1) is 11.9 Å². The number of carboxylic acid groups (broad SMARTS) is 1. The largest absolute Gasteiger partial charge is 0.478 e. The molecule has 0 radical (unpaired) electrons. The van der Waals surface area contributed by atoms with Gasteiger partial charge in [-0.25, -0.2) is 9.78 Å². The SMILES string of the molecule is O=C(CCn1ccnc1)Nc1ccc(Br)c(C(=O)O)c1. The molecule has 2 N–H and O–H groups in total. The average Bonchev–Trinajstić information content (AvgIpc) is 2.91. The summed E-state index contributed by atoms with van der Waals surface area (Å²) >= 11 is 3.15. The first kappa shape index (κ1) is 14.3. The van der Waals surface area contributed by atoms with Crippen LogP contribution >= 0.6 is 15.9 Å². The molecular weight excluding hydrogens is 326 g/mol. The highest BCUT2D eigenvalue weighted by Crippen LogP contribution is 2.21. The number of anilines is 1. The molecule has 0 spiro atoms. The number of hydrogen-bond acceptors (Lipinski definition) is 3. The van der Waals surface area contributed by atoms with Crippen LogP contribution in [-0.2, 0) is 11.3 Å². The molecule has 2 rings (SSSR count). The van der Waals surface area contributed by atoms with E-state index in [1.807, 2.05) is 0 Å². The van der Waals surface area contributed by atoms with Gasteiger partial charge in [0, 0.05) is 35.5 Å². The lowest BCUT2D eigenvalue weighted by Gasteiger charge is -2.07. The number of nitrogens with one attached hydrogen (secondary N) is 1. The molecule has 2 aromatic rings. The number of halogens is 1. The fourth-order valence-electron chi connectivity index (χ4n) is 1.64. The van der Waals surface area contributed by atoms with Gasteiger partial charge in [0.15, 0.2) is 0 Å². The third-order valence-electron chi connectivity index (χ3n) is 2.64. The van der Waals surface area contributed by atoms with Gasteiger partial charge in [-0.05, 0) is 34.1 Å². The highest BCUT2D eigenvalue weighted by Gasteiger charge is 2.10. The van der Waals surface area contributed by atoms with E-state index in [4.69, 9.17) is 5.11 Å². The Morgan fingerprint density at radius 3 is 2.85 bits per heavy atom. The van der Waals surface area contributed by atoms with E-state index in [1.165, 1.54) is 6.07 Å². The number of nitrogens with zero attached hydrogens (tertiary/aromatic N) is 2. The molecule has 6 nitrogen and oxygen atoms in total.